The van der Waals surface area contributed by atoms with E-state index < -0.39 is 0 Å². The molecule has 3 rings (SSSR count). The molecule has 1 saturated heterocycles. The van der Waals surface area contributed by atoms with Crippen LogP contribution in [0.25, 0.3) is 5.57 Å². The number of phenols is 1. The quantitative estimate of drug-likeness (QED) is 0.470. The summed E-state index contributed by atoms with van der Waals surface area (Å²) in [4.78, 5) is 14.2. The second-order valence-corrected chi connectivity index (χ2v) is 7.37. The van der Waals surface area contributed by atoms with Crippen LogP contribution in [0.5, 0.6) is 17.2 Å². The highest BCUT2D eigenvalue weighted by atomic mass is 16.5. The Morgan fingerprint density at radius 2 is 1.77 bits per heavy atom. The molecule has 31 heavy (non-hydrogen) atoms. The molecular weight excluding hydrogens is 396 g/mol. The van der Waals surface area contributed by atoms with E-state index in [1.165, 1.54) is 7.11 Å². The fourth-order valence-corrected chi connectivity index (χ4v) is 3.67. The van der Waals surface area contributed by atoms with Crippen LogP contribution in [-0.4, -0.2) is 56.8 Å². The predicted octanol–water partition coefficient (Wildman–Crippen LogP) is 2.53. The number of hydrogen-bond donors (Lipinski definition) is 2. The average molecular weight is 427 g/mol. The molecule has 0 bridgehead atoms. The molecule has 0 aliphatic carbocycles. The Morgan fingerprint density at radius 3 is 2.35 bits per heavy atom. The zero-order valence-electron chi connectivity index (χ0n) is 18.1. The lowest BCUT2D eigenvalue weighted by Crippen LogP contribution is -2.35. The maximum atomic E-state index is 12.0. The molecule has 0 saturated carbocycles. The predicted molar refractivity (Wildman–Crippen MR) is 119 cm³/mol. The summed E-state index contributed by atoms with van der Waals surface area (Å²) in [6.07, 6.45) is 3.08. The first-order valence-electron chi connectivity index (χ1n) is 10.3. The zero-order valence-corrected chi connectivity index (χ0v) is 18.1. The summed E-state index contributed by atoms with van der Waals surface area (Å²) in [6, 6.07) is 9.62. The molecule has 0 atom stereocenters. The van der Waals surface area contributed by atoms with E-state index in [2.05, 4.69) is 4.90 Å². The van der Waals surface area contributed by atoms with E-state index in [9.17, 15) is 9.90 Å². The van der Waals surface area contributed by atoms with Crippen molar-refractivity contribution in [2.45, 2.75) is 19.5 Å². The highest BCUT2D eigenvalue weighted by Crippen LogP contribution is 2.42. The molecule has 0 unspecified atom stereocenters. The molecule has 1 heterocycles. The maximum absolute atomic E-state index is 12.0. The number of phenolic OH excluding ortho intramolecular Hbond substituents is 1. The van der Waals surface area contributed by atoms with Crippen molar-refractivity contribution < 1.29 is 24.1 Å². The number of carbonyl (C=O) groups is 1. The molecule has 1 aliphatic heterocycles. The van der Waals surface area contributed by atoms with Gasteiger partial charge in [0.1, 0.15) is 17.2 Å². The number of benzene rings is 2. The fourth-order valence-electron chi connectivity index (χ4n) is 3.67. The Balaban J connectivity index is 1.97. The van der Waals surface area contributed by atoms with Gasteiger partial charge >= 0.3 is 0 Å². The number of hydrogen-bond acceptors (Lipinski definition) is 7. The lowest BCUT2D eigenvalue weighted by atomic mass is 9.97. The Hall–Kier alpha value is -2.87. The van der Waals surface area contributed by atoms with Crippen molar-refractivity contribution in [1.82, 2.24) is 4.90 Å². The van der Waals surface area contributed by atoms with Crippen LogP contribution in [0.15, 0.2) is 36.4 Å². The zero-order chi connectivity index (χ0) is 22.2. The van der Waals surface area contributed by atoms with Gasteiger partial charge in [0, 0.05) is 37.8 Å². The largest absolute Gasteiger partial charge is 0.507 e. The first-order valence-corrected chi connectivity index (χ1v) is 10.3. The molecule has 0 radical (unpaired) electrons. The van der Waals surface area contributed by atoms with Crippen LogP contribution >= 0.6 is 0 Å². The van der Waals surface area contributed by atoms with Gasteiger partial charge in [-0.1, -0.05) is 30.3 Å². The molecule has 7 heteroatoms. The summed E-state index contributed by atoms with van der Waals surface area (Å²) < 4.78 is 16.4. The van der Waals surface area contributed by atoms with Crippen molar-refractivity contribution in [3.05, 3.63) is 58.7 Å². The van der Waals surface area contributed by atoms with Gasteiger partial charge in [-0.25, -0.2) is 0 Å². The van der Waals surface area contributed by atoms with Crippen molar-refractivity contribution in [1.29, 1.82) is 0 Å². The number of methoxy groups -OCH3 is 2. The highest BCUT2D eigenvalue weighted by Gasteiger charge is 2.24. The van der Waals surface area contributed by atoms with Crippen molar-refractivity contribution in [3.8, 4) is 17.2 Å². The van der Waals surface area contributed by atoms with Gasteiger partial charge in [-0.2, -0.15) is 0 Å². The Kier molecular flexibility index (Phi) is 8.06. The normalized spacial score (nSPS) is 15.0. The summed E-state index contributed by atoms with van der Waals surface area (Å²) in [5, 5.41) is 11.2. The number of aldehydes is 1. The molecule has 0 spiro atoms. The average Bonchev–Trinajstić information content (AvgIpc) is 2.82. The lowest BCUT2D eigenvalue weighted by Gasteiger charge is -2.28. The summed E-state index contributed by atoms with van der Waals surface area (Å²) in [6.45, 7) is 3.79. The molecule has 3 N–H and O–H groups in total. The minimum atomic E-state index is -0.000443. The topological polar surface area (TPSA) is 94.2 Å². The monoisotopic (exact) mass is 426 g/mol. The molecule has 0 amide bonds. The van der Waals surface area contributed by atoms with Crippen molar-refractivity contribution in [2.75, 3.05) is 40.5 Å². The van der Waals surface area contributed by atoms with Gasteiger partial charge < -0.3 is 25.1 Å². The minimum absolute atomic E-state index is 0.000443. The van der Waals surface area contributed by atoms with Crippen LogP contribution < -0.4 is 15.2 Å². The van der Waals surface area contributed by atoms with Gasteiger partial charge in [-0.05, 0) is 17.5 Å². The molecule has 1 aliphatic rings. The van der Waals surface area contributed by atoms with Gasteiger partial charge in [0.15, 0.2) is 6.29 Å². The number of nitrogens with zero attached hydrogens (tertiary/aromatic N) is 1. The highest BCUT2D eigenvalue weighted by molar-refractivity contribution is 6.09. The van der Waals surface area contributed by atoms with Crippen LogP contribution in [0.2, 0.25) is 0 Å². The van der Waals surface area contributed by atoms with Crippen LogP contribution in [0.4, 0.5) is 0 Å². The van der Waals surface area contributed by atoms with Crippen molar-refractivity contribution in [3.63, 3.8) is 0 Å². The molecule has 166 valence electrons. The standard InChI is InChI=1S/C24H30N2O5/c1-29-21-13-22(30-2)23(24(28)20(21)15-26-9-11-31-12-10-26)19(16-27)8-7-17-3-5-18(14-25)6-4-17/h3-6,8,13,16,28H,7,9-12,14-15,25H2,1-2H3/b19-8-. The molecule has 1 fully saturated rings. The smallest absolute Gasteiger partial charge is 0.150 e. The number of ether oxygens (including phenoxy) is 3. The summed E-state index contributed by atoms with van der Waals surface area (Å²) in [5.74, 6) is 0.906. The first kappa shape index (κ1) is 22.8. The molecular formula is C24H30N2O5. The second kappa shape index (κ2) is 10.9. The van der Waals surface area contributed by atoms with E-state index in [1.807, 2.05) is 24.3 Å². The van der Waals surface area contributed by atoms with E-state index in [1.54, 1.807) is 19.3 Å². The van der Waals surface area contributed by atoms with Crippen LogP contribution in [0.1, 0.15) is 22.3 Å². The number of nitrogens with two attached hydrogens (primary N) is 1. The third kappa shape index (κ3) is 5.44. The Morgan fingerprint density at radius 1 is 1.13 bits per heavy atom. The Labute approximate surface area is 183 Å². The first-order chi connectivity index (χ1) is 15.1. The SMILES string of the molecule is COc1cc(OC)c(/C(C=O)=C\Cc2ccc(CN)cc2)c(O)c1CN1CCOCC1. The van der Waals surface area contributed by atoms with Crippen molar-refractivity contribution >= 4 is 11.9 Å². The van der Waals surface area contributed by atoms with Gasteiger partial charge in [0.25, 0.3) is 0 Å². The van der Waals surface area contributed by atoms with E-state index in [0.29, 0.717) is 60.9 Å². The number of allylic oxidation sites excluding steroid dienone is 2. The maximum Gasteiger partial charge on any atom is 0.150 e. The number of morpholine rings is 1. The summed E-state index contributed by atoms with van der Waals surface area (Å²) in [5.41, 5.74) is 9.10. The number of carbonyl (C=O) groups excluding carboxylic acids is 1. The van der Waals surface area contributed by atoms with Gasteiger partial charge in [-0.3, -0.25) is 9.69 Å². The third-order valence-electron chi connectivity index (χ3n) is 5.49. The summed E-state index contributed by atoms with van der Waals surface area (Å²) in [7, 11) is 3.06. The number of rotatable bonds is 9. The third-order valence-corrected chi connectivity index (χ3v) is 5.49. The molecule has 2 aromatic carbocycles. The minimum Gasteiger partial charge on any atom is -0.507 e. The second-order valence-electron chi connectivity index (χ2n) is 7.37. The van der Waals surface area contributed by atoms with Gasteiger partial charge in [0.05, 0.1) is 38.6 Å². The van der Waals surface area contributed by atoms with Gasteiger partial charge in [-0.15, -0.1) is 0 Å². The van der Waals surface area contributed by atoms with Crippen LogP contribution in [0.3, 0.4) is 0 Å². The molecule has 0 aromatic heterocycles. The Bertz CT molecular complexity index is 919. The lowest BCUT2D eigenvalue weighted by molar-refractivity contribution is -0.103. The fraction of sp³-hybridized carbons (Fsp3) is 0.375. The number of aromatic hydroxyl groups is 1. The van der Waals surface area contributed by atoms with Gasteiger partial charge in [0.2, 0.25) is 0 Å². The van der Waals surface area contributed by atoms with Crippen molar-refractivity contribution in [2.24, 2.45) is 5.73 Å². The van der Waals surface area contributed by atoms with E-state index >= 15 is 0 Å². The van der Waals surface area contributed by atoms with E-state index in [0.717, 1.165) is 30.5 Å². The molecule has 2 aromatic rings. The van der Waals surface area contributed by atoms with Crippen LogP contribution in [-0.2, 0) is 29.0 Å². The van der Waals surface area contributed by atoms with E-state index in [-0.39, 0.29) is 5.75 Å². The molecule has 7 nitrogen and oxygen atoms in total. The summed E-state index contributed by atoms with van der Waals surface area (Å²) >= 11 is 0. The van der Waals surface area contributed by atoms with Crippen LogP contribution in [0, 0.1) is 0 Å². The van der Waals surface area contributed by atoms with E-state index in [4.69, 9.17) is 19.9 Å².